The number of aryl methyl sites for hydroxylation is 1. The molecule has 3 heterocycles. The van der Waals surface area contributed by atoms with Crippen LogP contribution in [0.3, 0.4) is 0 Å². The zero-order chi connectivity index (χ0) is 21.3. The average molecular weight is 430 g/mol. The SMILES string of the molecule is COCCn1ccc2c(Nc3cc(C)[nH]n3)nc(S(=O)(=O)c3ccc(F)cc3)nc21. The Labute approximate surface area is 171 Å². The molecule has 9 nitrogen and oxygen atoms in total. The minimum atomic E-state index is -4.07. The number of halogens is 1. The van der Waals surface area contributed by atoms with E-state index >= 15 is 0 Å². The van der Waals surface area contributed by atoms with E-state index in [0.717, 1.165) is 17.8 Å². The van der Waals surface area contributed by atoms with E-state index in [9.17, 15) is 12.8 Å². The summed E-state index contributed by atoms with van der Waals surface area (Å²) in [5.41, 5.74) is 1.26. The third kappa shape index (κ3) is 3.76. The van der Waals surface area contributed by atoms with Gasteiger partial charge in [0.15, 0.2) is 5.82 Å². The van der Waals surface area contributed by atoms with E-state index in [-0.39, 0.29) is 4.90 Å². The lowest BCUT2D eigenvalue weighted by Gasteiger charge is -2.10. The van der Waals surface area contributed by atoms with Crippen LogP contribution in [0.1, 0.15) is 5.69 Å². The molecule has 0 aliphatic heterocycles. The molecule has 0 amide bonds. The summed E-state index contributed by atoms with van der Waals surface area (Å²) in [6, 6.07) is 8.10. The number of sulfone groups is 1. The number of rotatable bonds is 7. The fourth-order valence-corrected chi connectivity index (χ4v) is 4.08. The minimum Gasteiger partial charge on any atom is -0.383 e. The molecule has 30 heavy (non-hydrogen) atoms. The van der Waals surface area contributed by atoms with Crippen molar-refractivity contribution >= 4 is 32.5 Å². The van der Waals surface area contributed by atoms with Gasteiger partial charge in [0.25, 0.3) is 5.16 Å². The molecule has 2 N–H and O–H groups in total. The Hall–Kier alpha value is -3.31. The molecule has 4 rings (SSSR count). The Bertz CT molecular complexity index is 1300. The summed E-state index contributed by atoms with van der Waals surface area (Å²) in [5.74, 6) is 0.251. The molecular formula is C19H19FN6O3S. The first-order valence-electron chi connectivity index (χ1n) is 9.04. The molecule has 0 aliphatic rings. The second-order valence-corrected chi connectivity index (χ2v) is 8.46. The molecule has 0 radical (unpaired) electrons. The summed E-state index contributed by atoms with van der Waals surface area (Å²) in [4.78, 5) is 8.48. The summed E-state index contributed by atoms with van der Waals surface area (Å²) in [5, 5.41) is 10.2. The van der Waals surface area contributed by atoms with Gasteiger partial charge in [-0.2, -0.15) is 15.1 Å². The second kappa shape index (κ2) is 7.84. The molecule has 0 saturated heterocycles. The highest BCUT2D eigenvalue weighted by Gasteiger charge is 2.24. The van der Waals surface area contributed by atoms with Gasteiger partial charge in [0.05, 0.1) is 16.9 Å². The number of hydrogen-bond acceptors (Lipinski definition) is 7. The Kier molecular flexibility index (Phi) is 5.22. The van der Waals surface area contributed by atoms with Crippen molar-refractivity contribution in [1.82, 2.24) is 24.7 Å². The van der Waals surface area contributed by atoms with Crippen molar-refractivity contribution in [1.29, 1.82) is 0 Å². The molecule has 3 aromatic heterocycles. The van der Waals surface area contributed by atoms with E-state index in [0.29, 0.717) is 35.8 Å². The van der Waals surface area contributed by atoms with Gasteiger partial charge in [-0.1, -0.05) is 0 Å². The number of benzene rings is 1. The lowest BCUT2D eigenvalue weighted by Crippen LogP contribution is -2.11. The monoisotopic (exact) mass is 430 g/mol. The number of anilines is 2. The molecule has 1 aromatic carbocycles. The van der Waals surface area contributed by atoms with Crippen LogP contribution in [0.15, 0.2) is 52.6 Å². The minimum absolute atomic E-state index is 0.0974. The van der Waals surface area contributed by atoms with Gasteiger partial charge in [0, 0.05) is 31.6 Å². The van der Waals surface area contributed by atoms with Crippen molar-refractivity contribution < 1.29 is 17.5 Å². The van der Waals surface area contributed by atoms with Crippen LogP contribution >= 0.6 is 0 Å². The van der Waals surface area contributed by atoms with E-state index < -0.39 is 20.8 Å². The number of hydrogen-bond donors (Lipinski definition) is 2. The highest BCUT2D eigenvalue weighted by molar-refractivity contribution is 7.91. The standard InChI is InChI=1S/C19H19FN6O3S/c1-12-11-16(25-24-12)21-17-15-7-8-26(9-10-29-2)18(15)23-19(22-17)30(27,28)14-5-3-13(20)4-6-14/h3-8,11H,9-10H2,1-2H3,(H2,21,22,23,24,25). The topological polar surface area (TPSA) is 115 Å². The average Bonchev–Trinajstić information content (AvgIpc) is 3.32. The predicted molar refractivity (Wildman–Crippen MR) is 108 cm³/mol. The molecular weight excluding hydrogens is 411 g/mol. The van der Waals surface area contributed by atoms with Gasteiger partial charge in [-0.15, -0.1) is 0 Å². The van der Waals surface area contributed by atoms with Crippen molar-refractivity contribution in [3.63, 3.8) is 0 Å². The van der Waals surface area contributed by atoms with Gasteiger partial charge in [-0.3, -0.25) is 5.10 Å². The molecule has 0 aliphatic carbocycles. The van der Waals surface area contributed by atoms with Gasteiger partial charge in [0.2, 0.25) is 9.84 Å². The highest BCUT2D eigenvalue weighted by Crippen LogP contribution is 2.28. The maximum atomic E-state index is 13.3. The van der Waals surface area contributed by atoms with Gasteiger partial charge in [0.1, 0.15) is 17.3 Å². The summed E-state index contributed by atoms with van der Waals surface area (Å²) in [6.07, 6.45) is 1.79. The Balaban J connectivity index is 1.87. The number of methoxy groups -OCH3 is 1. The molecule has 0 fully saturated rings. The van der Waals surface area contributed by atoms with Gasteiger partial charge < -0.3 is 14.6 Å². The summed E-state index contributed by atoms with van der Waals surface area (Å²) in [7, 11) is -2.49. The molecule has 0 saturated carbocycles. The van der Waals surface area contributed by atoms with Crippen molar-refractivity contribution in [2.45, 2.75) is 23.5 Å². The van der Waals surface area contributed by atoms with Gasteiger partial charge in [-0.25, -0.2) is 12.8 Å². The van der Waals surface area contributed by atoms with Crippen LogP contribution in [0.25, 0.3) is 11.0 Å². The smallest absolute Gasteiger partial charge is 0.256 e. The molecule has 0 atom stereocenters. The van der Waals surface area contributed by atoms with E-state index in [1.165, 1.54) is 12.1 Å². The molecule has 0 bridgehead atoms. The zero-order valence-corrected chi connectivity index (χ0v) is 17.1. The van der Waals surface area contributed by atoms with Crippen molar-refractivity contribution in [3.8, 4) is 0 Å². The highest BCUT2D eigenvalue weighted by atomic mass is 32.2. The van der Waals surface area contributed by atoms with Gasteiger partial charge in [-0.05, 0) is 37.3 Å². The lowest BCUT2D eigenvalue weighted by atomic mass is 10.3. The van der Waals surface area contributed by atoms with E-state index in [2.05, 4.69) is 25.5 Å². The first-order valence-corrected chi connectivity index (χ1v) is 10.5. The number of aromatic amines is 1. The molecule has 0 spiro atoms. The summed E-state index contributed by atoms with van der Waals surface area (Å²) >= 11 is 0. The molecule has 11 heteroatoms. The van der Waals surface area contributed by atoms with Crippen LogP contribution in [-0.4, -0.2) is 46.9 Å². The van der Waals surface area contributed by atoms with Crippen LogP contribution in [0.5, 0.6) is 0 Å². The quantitative estimate of drug-likeness (QED) is 0.342. The van der Waals surface area contributed by atoms with E-state index in [1.54, 1.807) is 30.0 Å². The largest absolute Gasteiger partial charge is 0.383 e. The van der Waals surface area contributed by atoms with Gasteiger partial charge >= 0.3 is 0 Å². The van der Waals surface area contributed by atoms with Crippen LogP contribution in [0, 0.1) is 12.7 Å². The predicted octanol–water partition coefficient (Wildman–Crippen LogP) is 2.82. The first-order chi connectivity index (χ1) is 14.4. The van der Waals surface area contributed by atoms with Crippen molar-refractivity contribution in [2.24, 2.45) is 0 Å². The van der Waals surface area contributed by atoms with Crippen LogP contribution in [0.4, 0.5) is 16.0 Å². The Morgan fingerprint density at radius 1 is 1.20 bits per heavy atom. The van der Waals surface area contributed by atoms with Crippen LogP contribution < -0.4 is 5.32 Å². The van der Waals surface area contributed by atoms with Crippen molar-refractivity contribution in [3.05, 3.63) is 54.1 Å². The normalized spacial score (nSPS) is 11.8. The fourth-order valence-electron chi connectivity index (χ4n) is 2.95. The number of nitrogens with one attached hydrogen (secondary N) is 2. The van der Waals surface area contributed by atoms with Crippen molar-refractivity contribution in [2.75, 3.05) is 19.0 Å². The van der Waals surface area contributed by atoms with Crippen LogP contribution in [0.2, 0.25) is 0 Å². The van der Waals surface area contributed by atoms with Crippen LogP contribution in [-0.2, 0) is 21.1 Å². The summed E-state index contributed by atoms with van der Waals surface area (Å²) < 4.78 is 46.4. The number of ether oxygens (including phenoxy) is 1. The maximum Gasteiger partial charge on any atom is 0.256 e. The zero-order valence-electron chi connectivity index (χ0n) is 16.3. The Morgan fingerprint density at radius 3 is 2.63 bits per heavy atom. The van der Waals surface area contributed by atoms with E-state index in [1.807, 2.05) is 6.92 Å². The van der Waals surface area contributed by atoms with E-state index in [4.69, 9.17) is 4.74 Å². The molecule has 156 valence electrons. The third-order valence-corrected chi connectivity index (χ3v) is 6.01. The third-order valence-electron chi connectivity index (χ3n) is 4.45. The lowest BCUT2D eigenvalue weighted by molar-refractivity contribution is 0.188. The number of H-pyrrole nitrogens is 1. The first kappa shape index (κ1) is 20.0. The number of nitrogens with zero attached hydrogens (tertiary/aromatic N) is 4. The molecule has 4 aromatic rings. The Morgan fingerprint density at radius 2 is 1.97 bits per heavy atom. The maximum absolute atomic E-state index is 13.3. The number of aromatic nitrogens is 5. The fraction of sp³-hybridized carbons (Fsp3) is 0.211. The summed E-state index contributed by atoms with van der Waals surface area (Å²) in [6.45, 7) is 2.75. The molecule has 0 unspecified atom stereocenters. The number of fused-ring (bicyclic) bond motifs is 1. The second-order valence-electron chi connectivity index (χ2n) is 6.61.